The van der Waals surface area contributed by atoms with Gasteiger partial charge in [-0.1, -0.05) is 35.9 Å². The maximum absolute atomic E-state index is 12.2. The van der Waals surface area contributed by atoms with E-state index in [9.17, 15) is 19.7 Å². The molecule has 0 aliphatic rings. The van der Waals surface area contributed by atoms with E-state index in [1.165, 1.54) is 42.5 Å². The molecule has 0 aromatic heterocycles. The average molecular weight is 346 g/mol. The van der Waals surface area contributed by atoms with Crippen LogP contribution in [-0.4, -0.2) is 16.7 Å². The number of benzene rings is 2. The first-order chi connectivity index (χ1) is 11.4. The average Bonchev–Trinajstić information content (AvgIpc) is 2.54. The molecule has 0 fully saturated rings. The van der Waals surface area contributed by atoms with Gasteiger partial charge in [0.2, 0.25) is 0 Å². The number of primary amides is 1. The predicted molar refractivity (Wildman–Crippen MR) is 89.2 cm³/mol. The minimum atomic E-state index is -0.887. The molecule has 0 aliphatic heterocycles. The number of non-ortho nitro benzene ring substituents is 1. The number of halogens is 1. The number of nitro benzene ring substituents is 1. The van der Waals surface area contributed by atoms with Crippen LogP contribution in [0.25, 0.3) is 6.08 Å². The molecular formula is C16H12ClN3O4. The van der Waals surface area contributed by atoms with Crippen molar-refractivity contribution >= 4 is 35.2 Å². The van der Waals surface area contributed by atoms with Gasteiger partial charge in [0.25, 0.3) is 17.5 Å². The standard InChI is InChI=1S/C16H12ClN3O4/c17-13-7-2-1-6-12(13)16(22)19-14(15(18)21)9-10-4-3-5-11(8-10)20(23)24/h1-9H,(H2,18,21)(H,19,22)/b14-9+. The van der Waals surface area contributed by atoms with Crippen molar-refractivity contribution in [2.75, 3.05) is 0 Å². The summed E-state index contributed by atoms with van der Waals surface area (Å²) in [7, 11) is 0. The van der Waals surface area contributed by atoms with Crippen LogP contribution in [0.15, 0.2) is 54.2 Å². The molecule has 0 saturated heterocycles. The zero-order valence-corrected chi connectivity index (χ0v) is 13.0. The Balaban J connectivity index is 2.31. The Labute approximate surface area is 141 Å². The van der Waals surface area contributed by atoms with Crippen molar-refractivity contribution in [1.29, 1.82) is 0 Å². The second-order valence-electron chi connectivity index (χ2n) is 4.71. The zero-order chi connectivity index (χ0) is 17.7. The fourth-order valence-electron chi connectivity index (χ4n) is 1.90. The molecule has 122 valence electrons. The quantitative estimate of drug-likeness (QED) is 0.492. The van der Waals surface area contributed by atoms with Gasteiger partial charge >= 0.3 is 0 Å². The summed E-state index contributed by atoms with van der Waals surface area (Å²) < 4.78 is 0. The Morgan fingerprint density at radius 2 is 1.88 bits per heavy atom. The Morgan fingerprint density at radius 1 is 1.17 bits per heavy atom. The fourth-order valence-corrected chi connectivity index (χ4v) is 2.12. The fraction of sp³-hybridized carbons (Fsp3) is 0. The van der Waals surface area contributed by atoms with Gasteiger partial charge in [-0.25, -0.2) is 0 Å². The van der Waals surface area contributed by atoms with Crippen molar-refractivity contribution in [1.82, 2.24) is 5.32 Å². The lowest BCUT2D eigenvalue weighted by atomic mass is 10.1. The molecule has 0 atom stereocenters. The normalized spacial score (nSPS) is 11.0. The van der Waals surface area contributed by atoms with E-state index in [1.54, 1.807) is 12.1 Å². The van der Waals surface area contributed by atoms with Gasteiger partial charge in [0, 0.05) is 12.1 Å². The van der Waals surface area contributed by atoms with E-state index in [0.29, 0.717) is 5.56 Å². The van der Waals surface area contributed by atoms with Crippen molar-refractivity contribution in [3.63, 3.8) is 0 Å². The van der Waals surface area contributed by atoms with Gasteiger partial charge in [-0.15, -0.1) is 0 Å². The van der Waals surface area contributed by atoms with Crippen molar-refractivity contribution in [3.8, 4) is 0 Å². The minimum Gasteiger partial charge on any atom is -0.364 e. The molecule has 7 nitrogen and oxygen atoms in total. The van der Waals surface area contributed by atoms with Crippen LogP contribution in [0, 0.1) is 10.1 Å². The molecule has 24 heavy (non-hydrogen) atoms. The number of hydrogen-bond acceptors (Lipinski definition) is 4. The smallest absolute Gasteiger partial charge is 0.270 e. The molecule has 2 rings (SSSR count). The highest BCUT2D eigenvalue weighted by molar-refractivity contribution is 6.34. The third-order valence-electron chi connectivity index (χ3n) is 3.02. The molecule has 0 bridgehead atoms. The molecule has 0 unspecified atom stereocenters. The second-order valence-corrected chi connectivity index (χ2v) is 5.12. The van der Waals surface area contributed by atoms with Gasteiger partial charge in [-0.05, 0) is 23.8 Å². The lowest BCUT2D eigenvalue weighted by Crippen LogP contribution is -2.31. The highest BCUT2D eigenvalue weighted by atomic mass is 35.5. The Bertz CT molecular complexity index is 849. The summed E-state index contributed by atoms with van der Waals surface area (Å²) in [6.45, 7) is 0. The number of hydrogen-bond donors (Lipinski definition) is 2. The van der Waals surface area contributed by atoms with Crippen LogP contribution in [-0.2, 0) is 4.79 Å². The monoisotopic (exact) mass is 345 g/mol. The number of carbonyl (C=O) groups is 2. The zero-order valence-electron chi connectivity index (χ0n) is 12.2. The third-order valence-corrected chi connectivity index (χ3v) is 3.35. The van der Waals surface area contributed by atoms with E-state index in [1.807, 2.05) is 0 Å². The van der Waals surface area contributed by atoms with Crippen LogP contribution in [0.1, 0.15) is 15.9 Å². The summed E-state index contributed by atoms with van der Waals surface area (Å²) >= 11 is 5.93. The maximum atomic E-state index is 12.2. The van der Waals surface area contributed by atoms with E-state index in [0.717, 1.165) is 0 Å². The molecule has 0 aliphatic carbocycles. The summed E-state index contributed by atoms with van der Waals surface area (Å²) in [5.41, 5.74) is 5.42. The van der Waals surface area contributed by atoms with Gasteiger partial charge in [-0.3, -0.25) is 19.7 Å². The van der Waals surface area contributed by atoms with E-state index >= 15 is 0 Å². The van der Waals surface area contributed by atoms with Crippen LogP contribution < -0.4 is 11.1 Å². The Morgan fingerprint density at radius 3 is 2.50 bits per heavy atom. The van der Waals surface area contributed by atoms with Crippen LogP contribution in [0.5, 0.6) is 0 Å². The molecule has 0 spiro atoms. The summed E-state index contributed by atoms with van der Waals surface area (Å²) in [5.74, 6) is -1.50. The Kier molecular flexibility index (Phi) is 5.28. The van der Waals surface area contributed by atoms with Crippen LogP contribution in [0.4, 0.5) is 5.69 Å². The number of rotatable bonds is 5. The largest absolute Gasteiger partial charge is 0.364 e. The number of nitro groups is 1. The SMILES string of the molecule is NC(=O)/C(=C\c1cccc([N+](=O)[O-])c1)NC(=O)c1ccccc1Cl. The van der Waals surface area contributed by atoms with Gasteiger partial charge in [0.1, 0.15) is 5.70 Å². The highest BCUT2D eigenvalue weighted by Crippen LogP contribution is 2.17. The van der Waals surface area contributed by atoms with E-state index in [4.69, 9.17) is 17.3 Å². The van der Waals surface area contributed by atoms with Gasteiger partial charge in [0.05, 0.1) is 15.5 Å². The summed E-state index contributed by atoms with van der Waals surface area (Å²) in [4.78, 5) is 34.0. The second kappa shape index (κ2) is 7.38. The Hall–Kier alpha value is -3.19. The van der Waals surface area contributed by atoms with Crippen molar-refractivity contribution in [2.45, 2.75) is 0 Å². The third kappa shape index (κ3) is 4.17. The molecule has 2 aromatic carbocycles. The number of nitrogens with two attached hydrogens (primary N) is 1. The van der Waals surface area contributed by atoms with Crippen LogP contribution in [0.3, 0.4) is 0 Å². The summed E-state index contributed by atoms with van der Waals surface area (Å²) in [6, 6.07) is 11.9. The lowest BCUT2D eigenvalue weighted by molar-refractivity contribution is -0.384. The number of carbonyl (C=O) groups excluding carboxylic acids is 2. The van der Waals surface area contributed by atoms with Crippen molar-refractivity contribution < 1.29 is 14.5 Å². The molecule has 0 heterocycles. The predicted octanol–water partition coefficient (Wildman–Crippen LogP) is 2.50. The molecule has 3 N–H and O–H groups in total. The van der Waals surface area contributed by atoms with Gasteiger partial charge < -0.3 is 11.1 Å². The van der Waals surface area contributed by atoms with Crippen LogP contribution in [0.2, 0.25) is 5.02 Å². The van der Waals surface area contributed by atoms with E-state index in [-0.39, 0.29) is 22.0 Å². The van der Waals surface area contributed by atoms with Crippen molar-refractivity contribution in [2.24, 2.45) is 5.73 Å². The lowest BCUT2D eigenvalue weighted by Gasteiger charge is -2.08. The highest BCUT2D eigenvalue weighted by Gasteiger charge is 2.15. The number of nitrogens with zero attached hydrogens (tertiary/aromatic N) is 1. The number of amides is 2. The minimum absolute atomic E-state index is 0.148. The molecule has 8 heteroatoms. The molecule has 0 radical (unpaired) electrons. The summed E-state index contributed by atoms with van der Waals surface area (Å²) in [5, 5.41) is 13.4. The topological polar surface area (TPSA) is 115 Å². The van der Waals surface area contributed by atoms with Gasteiger partial charge in [0.15, 0.2) is 0 Å². The van der Waals surface area contributed by atoms with Crippen molar-refractivity contribution in [3.05, 3.63) is 80.5 Å². The van der Waals surface area contributed by atoms with E-state index in [2.05, 4.69) is 5.32 Å². The summed E-state index contributed by atoms with van der Waals surface area (Å²) in [6.07, 6.45) is 1.25. The maximum Gasteiger partial charge on any atom is 0.270 e. The first kappa shape index (κ1) is 17.2. The number of nitrogens with one attached hydrogen (secondary N) is 1. The van der Waals surface area contributed by atoms with Gasteiger partial charge in [-0.2, -0.15) is 0 Å². The molecular weight excluding hydrogens is 334 g/mol. The molecule has 0 saturated carbocycles. The first-order valence-corrected chi connectivity index (χ1v) is 7.08. The van der Waals surface area contributed by atoms with E-state index < -0.39 is 16.7 Å². The molecule has 2 aromatic rings. The molecule has 2 amide bonds. The first-order valence-electron chi connectivity index (χ1n) is 6.70. The van der Waals surface area contributed by atoms with Crippen LogP contribution >= 0.6 is 11.6 Å².